The number of rotatable bonds is 3. The third-order valence-electron chi connectivity index (χ3n) is 2.54. The first kappa shape index (κ1) is 11.9. The summed E-state index contributed by atoms with van der Waals surface area (Å²) in [6, 6.07) is 10.7. The molecule has 0 atom stereocenters. The number of carbonyl (C=O) groups is 1. The zero-order chi connectivity index (χ0) is 13.0. The van der Waals surface area contributed by atoms with Gasteiger partial charge in [0, 0.05) is 11.8 Å². The van der Waals surface area contributed by atoms with Crippen LogP contribution >= 0.6 is 0 Å². The molecule has 0 unspecified atom stereocenters. The minimum atomic E-state index is -0.790. The molecule has 1 aromatic carbocycles. The molecule has 0 N–H and O–H groups in total. The number of benzene rings is 1. The molecule has 1 aromatic heterocycles. The lowest BCUT2D eigenvalue weighted by Gasteiger charge is -2.05. The van der Waals surface area contributed by atoms with E-state index in [9.17, 15) is 9.70 Å². The van der Waals surface area contributed by atoms with Crippen molar-refractivity contribution in [3.8, 4) is 11.3 Å². The van der Waals surface area contributed by atoms with Crippen molar-refractivity contribution in [2.75, 3.05) is 0 Å². The van der Waals surface area contributed by atoms with E-state index < -0.39 is 5.97 Å². The fourth-order valence-corrected chi connectivity index (χ4v) is 1.65. The van der Waals surface area contributed by atoms with Crippen molar-refractivity contribution in [3.63, 3.8) is 0 Å². The summed E-state index contributed by atoms with van der Waals surface area (Å²) >= 11 is 0. The maximum absolute atomic E-state index is 11.4. The molecule has 0 aliphatic carbocycles. The van der Waals surface area contributed by atoms with Gasteiger partial charge in [-0.15, -0.1) is 4.91 Å². The highest BCUT2D eigenvalue weighted by Gasteiger charge is 2.10. The molecule has 0 amide bonds. The van der Waals surface area contributed by atoms with E-state index in [2.05, 4.69) is 15.2 Å². The van der Waals surface area contributed by atoms with Gasteiger partial charge in [0.25, 0.3) is 0 Å². The molecule has 2 aromatic rings. The van der Waals surface area contributed by atoms with E-state index in [1.807, 2.05) is 31.2 Å². The molecule has 90 valence electrons. The van der Waals surface area contributed by atoms with Crippen LogP contribution < -0.4 is 0 Å². The third kappa shape index (κ3) is 2.40. The lowest BCUT2D eigenvalue weighted by Crippen LogP contribution is -2.01. The van der Waals surface area contributed by atoms with Crippen LogP contribution in [0.4, 0.5) is 0 Å². The number of pyridine rings is 1. The van der Waals surface area contributed by atoms with Crippen LogP contribution in [0, 0.1) is 11.8 Å². The van der Waals surface area contributed by atoms with Crippen LogP contribution in [0.5, 0.6) is 0 Å². The van der Waals surface area contributed by atoms with E-state index in [0.717, 1.165) is 11.1 Å². The summed E-state index contributed by atoms with van der Waals surface area (Å²) in [5, 5.41) is 2.11. The molecule has 0 fully saturated rings. The van der Waals surface area contributed by atoms with Crippen molar-refractivity contribution in [2.45, 2.75) is 6.92 Å². The van der Waals surface area contributed by atoms with Gasteiger partial charge in [-0.05, 0) is 24.6 Å². The summed E-state index contributed by atoms with van der Waals surface area (Å²) in [7, 11) is 0. The standard InChI is InChI=1S/C13H10N2O3/c1-9-4-2-3-5-11(9)12-8-10(6-7-14-12)13(16)18-15-17/h2-8H,1H3. The van der Waals surface area contributed by atoms with E-state index in [-0.39, 0.29) is 5.56 Å². The second-order valence-corrected chi connectivity index (χ2v) is 3.70. The van der Waals surface area contributed by atoms with Gasteiger partial charge in [-0.1, -0.05) is 24.3 Å². The second kappa shape index (κ2) is 5.18. The number of nitrogens with zero attached hydrogens (tertiary/aromatic N) is 2. The van der Waals surface area contributed by atoms with Gasteiger partial charge in [-0.25, -0.2) is 4.79 Å². The molecule has 5 heteroatoms. The Morgan fingerprint density at radius 3 is 2.78 bits per heavy atom. The summed E-state index contributed by atoms with van der Waals surface area (Å²) in [5.41, 5.74) is 2.85. The lowest BCUT2D eigenvalue weighted by molar-refractivity contribution is 0.0508. The maximum Gasteiger partial charge on any atom is 0.369 e. The van der Waals surface area contributed by atoms with Gasteiger partial charge in [-0.2, -0.15) is 0 Å². The van der Waals surface area contributed by atoms with E-state index in [1.165, 1.54) is 12.3 Å². The molecular formula is C13H10N2O3. The average molecular weight is 242 g/mol. The second-order valence-electron chi connectivity index (χ2n) is 3.70. The summed E-state index contributed by atoms with van der Waals surface area (Å²) < 4.78 is 0. The van der Waals surface area contributed by atoms with Crippen LogP contribution in [-0.4, -0.2) is 11.0 Å². The van der Waals surface area contributed by atoms with Gasteiger partial charge in [0.15, 0.2) is 5.34 Å². The number of aryl methyl sites for hydroxylation is 1. The first-order chi connectivity index (χ1) is 8.72. The first-order valence-electron chi connectivity index (χ1n) is 5.28. The van der Waals surface area contributed by atoms with Crippen molar-refractivity contribution in [3.05, 3.63) is 58.6 Å². The van der Waals surface area contributed by atoms with Crippen LogP contribution in [0.3, 0.4) is 0 Å². The summed E-state index contributed by atoms with van der Waals surface area (Å²) in [6.45, 7) is 1.95. The molecule has 5 nitrogen and oxygen atoms in total. The van der Waals surface area contributed by atoms with Gasteiger partial charge in [0.2, 0.25) is 0 Å². The smallest absolute Gasteiger partial charge is 0.279 e. The average Bonchev–Trinajstić information content (AvgIpc) is 2.40. The van der Waals surface area contributed by atoms with Crippen LogP contribution in [0.25, 0.3) is 11.3 Å². The fraction of sp³-hybridized carbons (Fsp3) is 0.0769. The fourth-order valence-electron chi connectivity index (χ4n) is 1.65. The lowest BCUT2D eigenvalue weighted by atomic mass is 10.0. The molecule has 0 radical (unpaired) electrons. The van der Waals surface area contributed by atoms with Crippen molar-refractivity contribution in [2.24, 2.45) is 5.34 Å². The zero-order valence-electron chi connectivity index (χ0n) is 9.66. The Labute approximate surface area is 103 Å². The number of hydrogen-bond acceptors (Lipinski definition) is 5. The van der Waals surface area contributed by atoms with Gasteiger partial charge in [-0.3, -0.25) is 9.82 Å². The molecule has 0 saturated heterocycles. The van der Waals surface area contributed by atoms with E-state index in [4.69, 9.17) is 0 Å². The Hall–Kier alpha value is -2.56. The molecule has 0 saturated carbocycles. The number of carbonyl (C=O) groups excluding carboxylic acids is 1. The summed E-state index contributed by atoms with van der Waals surface area (Å²) in [4.78, 5) is 29.5. The molecular weight excluding hydrogens is 232 g/mol. The van der Waals surface area contributed by atoms with Crippen molar-refractivity contribution < 1.29 is 9.63 Å². The first-order valence-corrected chi connectivity index (χ1v) is 5.28. The minimum Gasteiger partial charge on any atom is -0.279 e. The van der Waals surface area contributed by atoms with Gasteiger partial charge < -0.3 is 0 Å². The van der Waals surface area contributed by atoms with Crippen molar-refractivity contribution >= 4 is 5.97 Å². The molecule has 0 bridgehead atoms. The number of aromatic nitrogens is 1. The monoisotopic (exact) mass is 242 g/mol. The quantitative estimate of drug-likeness (QED) is 0.613. The Morgan fingerprint density at radius 2 is 2.06 bits per heavy atom. The highest BCUT2D eigenvalue weighted by Crippen LogP contribution is 2.21. The Balaban J connectivity index is 2.42. The number of hydrogen-bond donors (Lipinski definition) is 0. The van der Waals surface area contributed by atoms with Crippen LogP contribution in [0.15, 0.2) is 47.9 Å². The van der Waals surface area contributed by atoms with Crippen LogP contribution in [0.1, 0.15) is 15.9 Å². The normalized spacial score (nSPS) is 9.83. The topological polar surface area (TPSA) is 68.6 Å². The Bertz CT molecular complexity index is 596. The Morgan fingerprint density at radius 1 is 1.28 bits per heavy atom. The van der Waals surface area contributed by atoms with Crippen LogP contribution in [-0.2, 0) is 4.84 Å². The molecule has 0 aliphatic heterocycles. The highest BCUT2D eigenvalue weighted by molar-refractivity contribution is 5.90. The molecule has 1 heterocycles. The summed E-state index contributed by atoms with van der Waals surface area (Å²) in [5.74, 6) is -0.790. The van der Waals surface area contributed by atoms with Gasteiger partial charge >= 0.3 is 5.97 Å². The van der Waals surface area contributed by atoms with Gasteiger partial charge in [0.1, 0.15) is 0 Å². The van der Waals surface area contributed by atoms with Crippen molar-refractivity contribution in [1.29, 1.82) is 0 Å². The van der Waals surface area contributed by atoms with Crippen LogP contribution in [0.2, 0.25) is 0 Å². The molecule has 18 heavy (non-hydrogen) atoms. The summed E-state index contributed by atoms with van der Waals surface area (Å²) in [6.07, 6.45) is 1.49. The molecule has 0 aliphatic rings. The molecule has 0 spiro atoms. The minimum absolute atomic E-state index is 0.239. The third-order valence-corrected chi connectivity index (χ3v) is 2.54. The van der Waals surface area contributed by atoms with Gasteiger partial charge in [0.05, 0.1) is 11.3 Å². The maximum atomic E-state index is 11.4. The van der Waals surface area contributed by atoms with E-state index in [1.54, 1.807) is 6.07 Å². The van der Waals surface area contributed by atoms with Crippen molar-refractivity contribution in [1.82, 2.24) is 4.98 Å². The predicted octanol–water partition coefficient (Wildman–Crippen LogP) is 2.90. The largest absolute Gasteiger partial charge is 0.369 e. The zero-order valence-corrected chi connectivity index (χ0v) is 9.66. The highest BCUT2D eigenvalue weighted by atomic mass is 16.7. The predicted molar refractivity (Wildman–Crippen MR) is 65.6 cm³/mol. The van der Waals surface area contributed by atoms with E-state index in [0.29, 0.717) is 5.69 Å². The Kier molecular flexibility index (Phi) is 3.43. The SMILES string of the molecule is Cc1ccccc1-c1cc(C(=O)ON=O)ccn1. The molecule has 2 rings (SSSR count). The van der Waals surface area contributed by atoms with E-state index >= 15 is 0 Å².